The molecule has 1 aromatic rings. The van der Waals surface area contributed by atoms with Crippen LogP contribution in [0.4, 0.5) is 0 Å². The van der Waals surface area contributed by atoms with Crippen molar-refractivity contribution in [2.24, 2.45) is 4.99 Å². The molecule has 1 aliphatic rings. The molecule has 0 amide bonds. The number of halogens is 1. The fourth-order valence-corrected chi connectivity index (χ4v) is 3.32. The summed E-state index contributed by atoms with van der Waals surface area (Å²) in [6, 6.07) is 5.88. The molecule has 2 heterocycles. The molecule has 0 spiro atoms. The van der Waals surface area contributed by atoms with Crippen molar-refractivity contribution in [3.63, 3.8) is 0 Å². The number of likely N-dealkylation sites (N-methyl/N-ethyl adjacent to an activating group) is 1. The Balaban J connectivity index is 0.00000338. The van der Waals surface area contributed by atoms with E-state index >= 15 is 0 Å². The van der Waals surface area contributed by atoms with Crippen molar-refractivity contribution in [3.8, 4) is 0 Å². The molecule has 0 aliphatic carbocycles. The predicted molar refractivity (Wildman–Crippen MR) is 120 cm³/mol. The molecule has 2 rings (SSSR count). The Morgan fingerprint density at radius 2 is 2.12 bits per heavy atom. The molecule has 1 atom stereocenters. The fourth-order valence-electron chi connectivity index (χ4n) is 3.32. The summed E-state index contributed by atoms with van der Waals surface area (Å²) >= 11 is 0. The van der Waals surface area contributed by atoms with Crippen LogP contribution >= 0.6 is 24.0 Å². The van der Waals surface area contributed by atoms with E-state index in [-0.39, 0.29) is 29.5 Å². The Morgan fingerprint density at radius 3 is 2.85 bits per heavy atom. The third-order valence-corrected chi connectivity index (χ3v) is 4.73. The maximum atomic E-state index is 11.7. The zero-order valence-electron chi connectivity index (χ0n) is 16.1. The standard InChI is InChI=1S/C19H33N5O.HI/c1-3-20-19(22-16-17-10-9-15-23(17)4-2)21-12-6-8-14-24-13-7-5-11-18(24)25;/h5,7,11,13,17H,3-4,6,8-10,12,14-16H2,1-2H3,(H2,20,21,22);1H. The lowest BCUT2D eigenvalue weighted by molar-refractivity contribution is 0.273. The van der Waals surface area contributed by atoms with Crippen LogP contribution < -0.4 is 16.2 Å². The first kappa shape index (κ1) is 23.0. The largest absolute Gasteiger partial charge is 0.357 e. The van der Waals surface area contributed by atoms with Crippen molar-refractivity contribution >= 4 is 29.9 Å². The zero-order valence-corrected chi connectivity index (χ0v) is 18.4. The third-order valence-electron chi connectivity index (χ3n) is 4.73. The van der Waals surface area contributed by atoms with Gasteiger partial charge >= 0.3 is 0 Å². The molecule has 0 radical (unpaired) electrons. The summed E-state index contributed by atoms with van der Waals surface area (Å²) in [6.07, 6.45) is 6.38. The average Bonchev–Trinajstić information content (AvgIpc) is 3.08. The van der Waals surface area contributed by atoms with Gasteiger partial charge in [-0.3, -0.25) is 14.7 Å². The molecule has 1 aromatic heterocycles. The zero-order chi connectivity index (χ0) is 17.9. The van der Waals surface area contributed by atoms with Crippen LogP contribution in [0.3, 0.4) is 0 Å². The second kappa shape index (κ2) is 13.1. The summed E-state index contributed by atoms with van der Waals surface area (Å²) in [6.45, 7) is 10.0. The molecule has 0 aromatic carbocycles. The van der Waals surface area contributed by atoms with Crippen LogP contribution in [0.1, 0.15) is 39.5 Å². The number of hydrogen-bond donors (Lipinski definition) is 2. The molecular weight excluding hydrogens is 441 g/mol. The van der Waals surface area contributed by atoms with Gasteiger partial charge in [0.25, 0.3) is 0 Å². The lowest BCUT2D eigenvalue weighted by Crippen LogP contribution is -2.39. The quantitative estimate of drug-likeness (QED) is 0.249. The third kappa shape index (κ3) is 7.65. The Labute approximate surface area is 174 Å². The van der Waals surface area contributed by atoms with E-state index in [1.807, 2.05) is 12.3 Å². The van der Waals surface area contributed by atoms with Crippen molar-refractivity contribution < 1.29 is 0 Å². The van der Waals surface area contributed by atoms with Crippen molar-refractivity contribution in [2.75, 3.05) is 32.7 Å². The van der Waals surface area contributed by atoms with E-state index in [0.717, 1.165) is 51.5 Å². The van der Waals surface area contributed by atoms with Gasteiger partial charge < -0.3 is 15.2 Å². The number of guanidine groups is 1. The van der Waals surface area contributed by atoms with Gasteiger partial charge in [0.15, 0.2) is 5.96 Å². The highest BCUT2D eigenvalue weighted by Crippen LogP contribution is 2.16. The monoisotopic (exact) mass is 475 g/mol. The number of aromatic nitrogens is 1. The van der Waals surface area contributed by atoms with E-state index in [1.54, 1.807) is 16.7 Å². The summed E-state index contributed by atoms with van der Waals surface area (Å²) < 4.78 is 1.76. The topological polar surface area (TPSA) is 61.7 Å². The van der Waals surface area contributed by atoms with Gasteiger partial charge in [0, 0.05) is 37.9 Å². The van der Waals surface area contributed by atoms with E-state index in [9.17, 15) is 4.79 Å². The summed E-state index contributed by atoms with van der Waals surface area (Å²) in [7, 11) is 0. The minimum atomic E-state index is 0. The smallest absolute Gasteiger partial charge is 0.250 e. The normalized spacial score (nSPS) is 17.8. The highest BCUT2D eigenvalue weighted by molar-refractivity contribution is 14.0. The Bertz CT molecular complexity index is 589. The Hall–Kier alpha value is -1.09. The van der Waals surface area contributed by atoms with Crippen molar-refractivity contribution in [1.82, 2.24) is 20.1 Å². The molecule has 1 saturated heterocycles. The van der Waals surface area contributed by atoms with E-state index in [2.05, 4.69) is 29.4 Å². The Kier molecular flexibility index (Phi) is 11.6. The lowest BCUT2D eigenvalue weighted by Gasteiger charge is -2.21. The van der Waals surface area contributed by atoms with Crippen molar-refractivity contribution in [1.29, 1.82) is 0 Å². The number of nitrogens with zero attached hydrogens (tertiary/aromatic N) is 3. The van der Waals surface area contributed by atoms with Crippen LogP contribution in [0, 0.1) is 0 Å². The van der Waals surface area contributed by atoms with Gasteiger partial charge in [0.1, 0.15) is 0 Å². The van der Waals surface area contributed by atoms with Gasteiger partial charge in [-0.25, -0.2) is 0 Å². The van der Waals surface area contributed by atoms with Crippen LogP contribution in [0.25, 0.3) is 0 Å². The van der Waals surface area contributed by atoms with Crippen LogP contribution in [-0.4, -0.2) is 54.2 Å². The second-order valence-electron chi connectivity index (χ2n) is 6.51. The van der Waals surface area contributed by atoms with Crippen molar-refractivity contribution in [3.05, 3.63) is 34.7 Å². The molecular formula is C19H34IN5O. The molecule has 0 saturated carbocycles. The molecule has 1 aliphatic heterocycles. The lowest BCUT2D eigenvalue weighted by atomic mass is 10.2. The van der Waals surface area contributed by atoms with Crippen LogP contribution in [-0.2, 0) is 6.54 Å². The predicted octanol–water partition coefficient (Wildman–Crippen LogP) is 2.29. The highest BCUT2D eigenvalue weighted by atomic mass is 127. The van der Waals surface area contributed by atoms with Crippen molar-refractivity contribution in [2.45, 2.75) is 52.1 Å². The van der Waals surface area contributed by atoms with Crippen LogP contribution in [0.15, 0.2) is 34.2 Å². The van der Waals surface area contributed by atoms with E-state index in [0.29, 0.717) is 6.04 Å². The van der Waals surface area contributed by atoms with Gasteiger partial charge in [-0.1, -0.05) is 13.0 Å². The van der Waals surface area contributed by atoms with Gasteiger partial charge in [-0.2, -0.15) is 0 Å². The molecule has 7 heteroatoms. The molecule has 2 N–H and O–H groups in total. The summed E-state index contributed by atoms with van der Waals surface area (Å²) in [5, 5.41) is 6.73. The number of hydrogen-bond acceptors (Lipinski definition) is 3. The highest BCUT2D eigenvalue weighted by Gasteiger charge is 2.22. The Morgan fingerprint density at radius 1 is 1.27 bits per heavy atom. The molecule has 6 nitrogen and oxygen atoms in total. The summed E-state index contributed by atoms with van der Waals surface area (Å²) in [4.78, 5) is 18.9. The molecule has 1 fully saturated rings. The minimum Gasteiger partial charge on any atom is -0.357 e. The first-order valence-corrected chi connectivity index (χ1v) is 9.66. The van der Waals surface area contributed by atoms with E-state index in [4.69, 9.17) is 4.99 Å². The number of nitrogens with one attached hydrogen (secondary N) is 2. The van der Waals surface area contributed by atoms with Gasteiger partial charge in [-0.05, 0) is 51.8 Å². The first-order valence-electron chi connectivity index (χ1n) is 9.66. The minimum absolute atomic E-state index is 0. The van der Waals surface area contributed by atoms with Crippen LogP contribution in [0.2, 0.25) is 0 Å². The molecule has 1 unspecified atom stereocenters. The average molecular weight is 475 g/mol. The number of rotatable bonds is 9. The maximum absolute atomic E-state index is 11.7. The fraction of sp³-hybridized carbons (Fsp3) is 0.684. The summed E-state index contributed by atoms with van der Waals surface area (Å²) in [5.74, 6) is 0.905. The number of aliphatic imine (C=N–C) groups is 1. The van der Waals surface area contributed by atoms with Gasteiger partial charge in [0.2, 0.25) is 5.56 Å². The van der Waals surface area contributed by atoms with Gasteiger partial charge in [-0.15, -0.1) is 24.0 Å². The SMILES string of the molecule is CCNC(=NCC1CCCN1CC)NCCCCn1ccccc1=O.I. The van der Waals surface area contributed by atoms with Crippen LogP contribution in [0.5, 0.6) is 0 Å². The van der Waals surface area contributed by atoms with E-state index in [1.165, 1.54) is 19.4 Å². The van der Waals surface area contributed by atoms with Gasteiger partial charge in [0.05, 0.1) is 6.54 Å². The number of pyridine rings is 1. The molecule has 148 valence electrons. The van der Waals surface area contributed by atoms with E-state index < -0.39 is 0 Å². The number of unbranched alkanes of at least 4 members (excludes halogenated alkanes) is 1. The number of likely N-dealkylation sites (tertiary alicyclic amines) is 1. The number of aryl methyl sites for hydroxylation is 1. The first-order chi connectivity index (χ1) is 12.2. The molecule has 26 heavy (non-hydrogen) atoms. The molecule has 0 bridgehead atoms. The maximum Gasteiger partial charge on any atom is 0.250 e. The second-order valence-corrected chi connectivity index (χ2v) is 6.51. The summed E-state index contributed by atoms with van der Waals surface area (Å²) in [5.41, 5.74) is 0.0717.